The van der Waals surface area contributed by atoms with Gasteiger partial charge in [-0.25, -0.2) is 4.79 Å². The number of amides is 3. The lowest BCUT2D eigenvalue weighted by Gasteiger charge is -2.38. The minimum Gasteiger partial charge on any atom is -0.379 e. The summed E-state index contributed by atoms with van der Waals surface area (Å²) in [4.78, 5) is 32.4. The number of hydrogen-bond acceptors (Lipinski definition) is 4. The summed E-state index contributed by atoms with van der Waals surface area (Å²) in [5, 5.41) is 3.27. The molecule has 0 radical (unpaired) electrons. The fourth-order valence-corrected chi connectivity index (χ4v) is 5.18. The fourth-order valence-electron chi connectivity index (χ4n) is 5.18. The van der Waals surface area contributed by atoms with E-state index in [1.807, 2.05) is 23.1 Å². The third-order valence-corrected chi connectivity index (χ3v) is 7.14. The van der Waals surface area contributed by atoms with Crippen LogP contribution >= 0.6 is 0 Å². The van der Waals surface area contributed by atoms with Gasteiger partial charge in [0.1, 0.15) is 0 Å². The van der Waals surface area contributed by atoms with Gasteiger partial charge in [0, 0.05) is 51.7 Å². The molecule has 0 spiro atoms. The molecular weight excluding hydrogens is 404 g/mol. The lowest BCUT2D eigenvalue weighted by Crippen LogP contribution is -2.50. The highest BCUT2D eigenvalue weighted by atomic mass is 16.5. The Bertz CT molecular complexity index is 745. The number of rotatable bonds is 5. The second-order valence-electron chi connectivity index (χ2n) is 9.62. The Balaban J connectivity index is 1.31. The number of benzene rings is 1. The summed E-state index contributed by atoms with van der Waals surface area (Å²) in [6.45, 7) is 9.34. The Morgan fingerprint density at radius 3 is 2.41 bits per heavy atom. The van der Waals surface area contributed by atoms with Gasteiger partial charge in [-0.2, -0.15) is 0 Å². The summed E-state index contributed by atoms with van der Waals surface area (Å²) in [6, 6.07) is 10.1. The van der Waals surface area contributed by atoms with Crippen LogP contribution in [0.2, 0.25) is 0 Å². The summed E-state index contributed by atoms with van der Waals surface area (Å²) in [6.07, 6.45) is 3.85. The van der Waals surface area contributed by atoms with Gasteiger partial charge < -0.3 is 19.9 Å². The Labute approximate surface area is 192 Å². The molecule has 3 aliphatic rings. The molecule has 1 aromatic rings. The number of ether oxygens (including phenoxy) is 1. The number of likely N-dealkylation sites (tertiary alicyclic amines) is 2. The van der Waals surface area contributed by atoms with E-state index in [9.17, 15) is 9.59 Å². The lowest BCUT2D eigenvalue weighted by atomic mass is 9.93. The van der Waals surface area contributed by atoms with Gasteiger partial charge in [0.15, 0.2) is 0 Å². The second kappa shape index (κ2) is 11.1. The van der Waals surface area contributed by atoms with Crippen LogP contribution in [0.1, 0.15) is 44.2 Å². The number of nitrogens with one attached hydrogen (secondary N) is 1. The van der Waals surface area contributed by atoms with Crippen LogP contribution < -0.4 is 5.32 Å². The van der Waals surface area contributed by atoms with Crippen LogP contribution in [0.4, 0.5) is 4.79 Å². The maximum atomic E-state index is 13.1. The van der Waals surface area contributed by atoms with Crippen molar-refractivity contribution in [2.45, 2.75) is 38.6 Å². The first-order valence-corrected chi connectivity index (χ1v) is 12.3. The van der Waals surface area contributed by atoms with Gasteiger partial charge in [0.25, 0.3) is 0 Å². The number of morpholine rings is 1. The molecule has 7 nitrogen and oxygen atoms in total. The van der Waals surface area contributed by atoms with Crippen molar-refractivity contribution in [2.75, 3.05) is 59.0 Å². The first-order valence-electron chi connectivity index (χ1n) is 12.3. The molecule has 2 unspecified atom stereocenters. The quantitative estimate of drug-likeness (QED) is 0.762. The number of urea groups is 1. The van der Waals surface area contributed by atoms with Crippen LogP contribution in [0, 0.1) is 11.8 Å². The Kier molecular flexibility index (Phi) is 8.03. The Morgan fingerprint density at radius 2 is 1.72 bits per heavy atom. The molecule has 0 aliphatic carbocycles. The molecule has 3 heterocycles. The lowest BCUT2D eigenvalue weighted by molar-refractivity contribution is -0.138. The highest BCUT2D eigenvalue weighted by Gasteiger charge is 2.32. The zero-order chi connectivity index (χ0) is 22.3. The molecule has 1 aromatic carbocycles. The number of hydrogen-bond donors (Lipinski definition) is 1. The van der Waals surface area contributed by atoms with Crippen LogP contribution in [-0.4, -0.2) is 85.7 Å². The molecule has 0 saturated carbocycles. The third-order valence-electron chi connectivity index (χ3n) is 7.14. The normalized spacial score (nSPS) is 24.2. The van der Waals surface area contributed by atoms with Gasteiger partial charge >= 0.3 is 6.03 Å². The molecule has 3 aliphatic heterocycles. The third kappa shape index (κ3) is 6.01. The predicted octanol–water partition coefficient (Wildman–Crippen LogP) is 2.74. The van der Waals surface area contributed by atoms with Crippen molar-refractivity contribution in [3.63, 3.8) is 0 Å². The van der Waals surface area contributed by atoms with Crippen molar-refractivity contribution >= 4 is 11.9 Å². The second-order valence-corrected chi connectivity index (χ2v) is 9.62. The highest BCUT2D eigenvalue weighted by molar-refractivity contribution is 5.80. The first kappa shape index (κ1) is 23.1. The number of nitrogens with zero attached hydrogens (tertiary/aromatic N) is 3. The summed E-state index contributed by atoms with van der Waals surface area (Å²) in [5.41, 5.74) is 1.12. The Hall–Kier alpha value is -2.12. The van der Waals surface area contributed by atoms with E-state index < -0.39 is 0 Å². The van der Waals surface area contributed by atoms with E-state index in [-0.39, 0.29) is 18.0 Å². The van der Waals surface area contributed by atoms with E-state index in [0.717, 1.165) is 70.8 Å². The predicted molar refractivity (Wildman–Crippen MR) is 124 cm³/mol. The van der Waals surface area contributed by atoms with Gasteiger partial charge in [-0.3, -0.25) is 9.69 Å². The van der Waals surface area contributed by atoms with Crippen molar-refractivity contribution in [3.8, 4) is 0 Å². The molecule has 1 N–H and O–H groups in total. The van der Waals surface area contributed by atoms with E-state index in [1.165, 1.54) is 6.42 Å². The van der Waals surface area contributed by atoms with Gasteiger partial charge in [-0.15, -0.1) is 0 Å². The molecule has 7 heteroatoms. The summed E-state index contributed by atoms with van der Waals surface area (Å²) in [7, 11) is 0. The molecule has 2 atom stereocenters. The topological polar surface area (TPSA) is 65.1 Å². The zero-order valence-corrected chi connectivity index (χ0v) is 19.4. The van der Waals surface area contributed by atoms with Crippen LogP contribution in [0.3, 0.4) is 0 Å². The average Bonchev–Trinajstić information content (AvgIpc) is 2.84. The first-order chi connectivity index (χ1) is 15.6. The molecule has 0 aromatic heterocycles. The van der Waals surface area contributed by atoms with Crippen LogP contribution in [0.5, 0.6) is 0 Å². The zero-order valence-electron chi connectivity index (χ0n) is 19.4. The fraction of sp³-hybridized carbons (Fsp3) is 0.680. The van der Waals surface area contributed by atoms with Crippen molar-refractivity contribution in [2.24, 2.45) is 11.8 Å². The Morgan fingerprint density at radius 1 is 1.00 bits per heavy atom. The van der Waals surface area contributed by atoms with E-state index in [4.69, 9.17) is 4.74 Å². The largest absolute Gasteiger partial charge is 0.379 e. The molecular formula is C25H38N4O3. The maximum absolute atomic E-state index is 13.1. The summed E-state index contributed by atoms with van der Waals surface area (Å²) < 4.78 is 5.47. The minimum absolute atomic E-state index is 0.0235. The van der Waals surface area contributed by atoms with Gasteiger partial charge in [0.05, 0.1) is 19.3 Å². The van der Waals surface area contributed by atoms with Gasteiger partial charge in [-0.05, 0) is 37.2 Å². The smallest absolute Gasteiger partial charge is 0.317 e. The number of piperidine rings is 2. The molecule has 3 saturated heterocycles. The van der Waals surface area contributed by atoms with Crippen molar-refractivity contribution in [1.29, 1.82) is 0 Å². The number of carbonyl (C=O) groups is 2. The van der Waals surface area contributed by atoms with E-state index in [0.29, 0.717) is 24.9 Å². The molecule has 32 heavy (non-hydrogen) atoms. The van der Waals surface area contributed by atoms with E-state index in [2.05, 4.69) is 34.2 Å². The van der Waals surface area contributed by atoms with E-state index >= 15 is 0 Å². The highest BCUT2D eigenvalue weighted by Crippen LogP contribution is 2.24. The molecule has 0 bridgehead atoms. The SMILES string of the molecule is CC1CCCN(C(=O)C2CCN(C(=O)NC(CN3CCOCC3)c3ccccc3)CC2)C1. The van der Waals surface area contributed by atoms with Crippen LogP contribution in [0.15, 0.2) is 30.3 Å². The van der Waals surface area contributed by atoms with Crippen molar-refractivity contribution < 1.29 is 14.3 Å². The summed E-state index contributed by atoms with van der Waals surface area (Å²) in [5.74, 6) is 0.952. The maximum Gasteiger partial charge on any atom is 0.317 e. The van der Waals surface area contributed by atoms with E-state index in [1.54, 1.807) is 0 Å². The molecule has 3 fully saturated rings. The standard InChI is InChI=1S/C25H38N4O3/c1-20-6-5-11-29(18-20)24(30)22-9-12-28(13-10-22)25(31)26-23(21-7-3-2-4-8-21)19-27-14-16-32-17-15-27/h2-4,7-8,20,22-23H,5-6,9-19H2,1H3,(H,26,31). The van der Waals surface area contributed by atoms with Crippen molar-refractivity contribution in [3.05, 3.63) is 35.9 Å². The van der Waals surface area contributed by atoms with Gasteiger partial charge in [-0.1, -0.05) is 37.3 Å². The molecule has 176 valence electrons. The van der Waals surface area contributed by atoms with Crippen LogP contribution in [-0.2, 0) is 9.53 Å². The average molecular weight is 443 g/mol. The number of carbonyl (C=O) groups excluding carboxylic acids is 2. The molecule has 3 amide bonds. The van der Waals surface area contributed by atoms with Crippen molar-refractivity contribution in [1.82, 2.24) is 20.0 Å². The summed E-state index contributed by atoms with van der Waals surface area (Å²) >= 11 is 0. The monoisotopic (exact) mass is 442 g/mol. The minimum atomic E-state index is -0.0593. The van der Waals surface area contributed by atoms with Crippen LogP contribution in [0.25, 0.3) is 0 Å². The molecule has 4 rings (SSSR count). The van der Waals surface area contributed by atoms with Gasteiger partial charge in [0.2, 0.25) is 5.91 Å².